The van der Waals surface area contributed by atoms with Crippen LogP contribution in [0.5, 0.6) is 0 Å². The summed E-state index contributed by atoms with van der Waals surface area (Å²) in [6, 6.07) is 0. The largest absolute Gasteiger partial charge is 0.630 e. The summed E-state index contributed by atoms with van der Waals surface area (Å²) in [5.74, 6) is 0. The lowest BCUT2D eigenvalue weighted by molar-refractivity contribution is -0.914. The van der Waals surface area contributed by atoms with Crippen LogP contribution in [0, 0.1) is 5.21 Å². The maximum absolute atomic E-state index is 11.2. The van der Waals surface area contributed by atoms with Crippen molar-refractivity contribution in [1.82, 2.24) is 5.32 Å². The van der Waals surface area contributed by atoms with Crippen molar-refractivity contribution in [2.75, 3.05) is 19.8 Å². The van der Waals surface area contributed by atoms with Gasteiger partial charge < -0.3 is 15.0 Å². The maximum Gasteiger partial charge on any atom is 0.188 e. The van der Waals surface area contributed by atoms with Crippen LogP contribution in [0.3, 0.4) is 0 Å². The van der Waals surface area contributed by atoms with Gasteiger partial charge in [-0.2, -0.15) is 0 Å². The predicted molar refractivity (Wildman–Crippen MR) is 33.0 cm³/mol. The zero-order valence-corrected chi connectivity index (χ0v) is 5.50. The number of nitrogens with zero attached hydrogens (tertiary/aromatic N) is 1. The minimum atomic E-state index is -0.792. The fourth-order valence-corrected chi connectivity index (χ4v) is 0.935. The topological polar surface area (TPSA) is 55.3 Å². The molecule has 9 heavy (non-hydrogen) atoms. The zero-order chi connectivity index (χ0) is 6.91. The molecule has 54 valence electrons. The molecule has 0 spiro atoms. The average Bonchev–Trinajstić information content (AvgIpc) is 2.16. The normalized spacial score (nSPS) is 39.0. The van der Waals surface area contributed by atoms with Crippen LogP contribution in [0.4, 0.5) is 0 Å². The highest BCUT2D eigenvalue weighted by Gasteiger charge is 2.26. The van der Waals surface area contributed by atoms with Gasteiger partial charge in [0.2, 0.25) is 0 Å². The van der Waals surface area contributed by atoms with Gasteiger partial charge in [0.15, 0.2) is 6.23 Å². The lowest BCUT2D eigenvalue weighted by Gasteiger charge is -2.39. The minimum absolute atomic E-state index is 0.345. The van der Waals surface area contributed by atoms with Gasteiger partial charge >= 0.3 is 0 Å². The Balaban J connectivity index is 2.51. The third kappa shape index (κ3) is 1.21. The van der Waals surface area contributed by atoms with E-state index in [-0.39, 0.29) is 0 Å². The molecular formula is C5H12N2O2. The molecule has 1 aliphatic heterocycles. The first-order chi connectivity index (χ1) is 4.15. The SMILES string of the molecule is CC(O)[N+]1([O-])CCNC1. The van der Waals surface area contributed by atoms with Crippen molar-refractivity contribution in [2.45, 2.75) is 13.2 Å². The van der Waals surface area contributed by atoms with E-state index in [1.165, 1.54) is 6.92 Å². The molecule has 2 N–H and O–H groups in total. The second-order valence-electron chi connectivity index (χ2n) is 2.47. The Labute approximate surface area is 54.3 Å². The van der Waals surface area contributed by atoms with Gasteiger partial charge in [-0.3, -0.25) is 5.32 Å². The number of rotatable bonds is 1. The molecule has 0 bridgehead atoms. The predicted octanol–water partition coefficient (Wildman–Crippen LogP) is -0.800. The first kappa shape index (κ1) is 6.95. The zero-order valence-electron chi connectivity index (χ0n) is 5.50. The Morgan fingerprint density at radius 3 is 2.67 bits per heavy atom. The lowest BCUT2D eigenvalue weighted by atomic mass is 10.5. The Kier molecular flexibility index (Phi) is 1.72. The van der Waals surface area contributed by atoms with Crippen LogP contribution in [0.25, 0.3) is 0 Å². The number of quaternary nitrogens is 1. The molecule has 0 amide bonds. The highest BCUT2D eigenvalue weighted by molar-refractivity contribution is 4.54. The summed E-state index contributed by atoms with van der Waals surface area (Å²) in [6.45, 7) is 3.07. The number of hydrogen-bond donors (Lipinski definition) is 2. The second-order valence-corrected chi connectivity index (χ2v) is 2.47. The molecule has 0 aromatic heterocycles. The third-order valence-corrected chi connectivity index (χ3v) is 1.73. The second kappa shape index (κ2) is 2.22. The monoisotopic (exact) mass is 132 g/mol. The standard InChI is InChI=1S/C5H12N2O2/c1-5(8)7(9)3-2-6-4-7/h5-6,8H,2-4H2,1H3. The smallest absolute Gasteiger partial charge is 0.188 e. The lowest BCUT2D eigenvalue weighted by Crippen LogP contribution is -2.47. The quantitative estimate of drug-likeness (QED) is 0.363. The van der Waals surface area contributed by atoms with E-state index < -0.39 is 10.9 Å². The molecule has 1 rings (SSSR count). The van der Waals surface area contributed by atoms with Crippen molar-refractivity contribution in [3.05, 3.63) is 5.21 Å². The van der Waals surface area contributed by atoms with Gasteiger partial charge in [0.05, 0.1) is 13.1 Å². The van der Waals surface area contributed by atoms with Gasteiger partial charge in [-0.1, -0.05) is 0 Å². The van der Waals surface area contributed by atoms with E-state index in [0.29, 0.717) is 19.8 Å². The van der Waals surface area contributed by atoms with Crippen LogP contribution in [-0.2, 0) is 0 Å². The first-order valence-corrected chi connectivity index (χ1v) is 3.12. The molecular weight excluding hydrogens is 120 g/mol. The van der Waals surface area contributed by atoms with E-state index >= 15 is 0 Å². The molecule has 0 aliphatic carbocycles. The van der Waals surface area contributed by atoms with Gasteiger partial charge in [0.25, 0.3) is 0 Å². The fraction of sp³-hybridized carbons (Fsp3) is 1.00. The number of aliphatic hydroxyl groups excluding tert-OH is 1. The molecule has 2 unspecified atom stereocenters. The van der Waals surface area contributed by atoms with Crippen LogP contribution in [0.15, 0.2) is 0 Å². The Morgan fingerprint density at radius 2 is 2.44 bits per heavy atom. The van der Waals surface area contributed by atoms with Crippen molar-refractivity contribution in [2.24, 2.45) is 0 Å². The van der Waals surface area contributed by atoms with Crippen molar-refractivity contribution in [3.63, 3.8) is 0 Å². The number of hydrogen-bond acceptors (Lipinski definition) is 3. The maximum atomic E-state index is 11.2. The molecule has 1 saturated heterocycles. The highest BCUT2D eigenvalue weighted by Crippen LogP contribution is 2.10. The summed E-state index contributed by atoms with van der Waals surface area (Å²) in [6.07, 6.45) is -0.792. The van der Waals surface area contributed by atoms with Crippen molar-refractivity contribution in [1.29, 1.82) is 0 Å². The summed E-state index contributed by atoms with van der Waals surface area (Å²) in [5.41, 5.74) is 0. The van der Waals surface area contributed by atoms with Gasteiger partial charge in [-0.15, -0.1) is 0 Å². The molecule has 4 heteroatoms. The van der Waals surface area contributed by atoms with Crippen molar-refractivity contribution < 1.29 is 9.75 Å². The van der Waals surface area contributed by atoms with E-state index in [1.54, 1.807) is 0 Å². The molecule has 0 saturated carbocycles. The van der Waals surface area contributed by atoms with Gasteiger partial charge in [-0.05, 0) is 0 Å². The first-order valence-electron chi connectivity index (χ1n) is 3.12. The molecule has 2 atom stereocenters. The van der Waals surface area contributed by atoms with E-state index in [2.05, 4.69) is 5.32 Å². The van der Waals surface area contributed by atoms with E-state index in [1.807, 2.05) is 0 Å². The Bertz CT molecular complexity index is 99.1. The van der Waals surface area contributed by atoms with E-state index in [0.717, 1.165) is 0 Å². The van der Waals surface area contributed by atoms with Crippen LogP contribution in [0.2, 0.25) is 0 Å². The molecule has 0 aromatic carbocycles. The van der Waals surface area contributed by atoms with Crippen molar-refractivity contribution in [3.8, 4) is 0 Å². The summed E-state index contributed by atoms with van der Waals surface area (Å²) in [5, 5.41) is 23.1. The molecule has 0 radical (unpaired) electrons. The van der Waals surface area contributed by atoms with E-state index in [4.69, 9.17) is 5.11 Å². The Hall–Kier alpha value is -0.160. The Morgan fingerprint density at radius 1 is 1.78 bits per heavy atom. The fourth-order valence-electron chi connectivity index (χ4n) is 0.935. The molecule has 0 aromatic rings. The minimum Gasteiger partial charge on any atom is -0.630 e. The van der Waals surface area contributed by atoms with Crippen LogP contribution >= 0.6 is 0 Å². The number of nitrogens with one attached hydrogen (secondary N) is 1. The van der Waals surface area contributed by atoms with Gasteiger partial charge in [0.1, 0.15) is 6.67 Å². The average molecular weight is 132 g/mol. The molecule has 1 heterocycles. The van der Waals surface area contributed by atoms with E-state index in [9.17, 15) is 5.21 Å². The summed E-state index contributed by atoms with van der Waals surface area (Å²) >= 11 is 0. The van der Waals surface area contributed by atoms with Gasteiger partial charge in [0, 0.05) is 6.92 Å². The third-order valence-electron chi connectivity index (χ3n) is 1.73. The highest BCUT2D eigenvalue weighted by atomic mass is 16.6. The van der Waals surface area contributed by atoms with Crippen molar-refractivity contribution >= 4 is 0 Å². The number of hydroxylamine groups is 3. The number of aliphatic hydroxyl groups is 1. The summed E-state index contributed by atoms with van der Waals surface area (Å²) in [4.78, 5) is 0. The molecule has 4 nitrogen and oxygen atoms in total. The molecule has 1 aliphatic rings. The molecule has 1 fully saturated rings. The van der Waals surface area contributed by atoms with Gasteiger partial charge in [-0.25, -0.2) is 0 Å². The van der Waals surface area contributed by atoms with Crippen LogP contribution in [-0.4, -0.2) is 35.7 Å². The summed E-state index contributed by atoms with van der Waals surface area (Å²) < 4.78 is -0.500. The summed E-state index contributed by atoms with van der Waals surface area (Å²) in [7, 11) is 0. The van der Waals surface area contributed by atoms with Crippen LogP contribution < -0.4 is 5.32 Å². The van der Waals surface area contributed by atoms with Crippen LogP contribution in [0.1, 0.15) is 6.92 Å².